The van der Waals surface area contributed by atoms with E-state index in [1.165, 1.54) is 0 Å². The van der Waals surface area contributed by atoms with Crippen molar-refractivity contribution in [2.24, 2.45) is 11.3 Å². The topological polar surface area (TPSA) is 20.3 Å². The lowest BCUT2D eigenvalue weighted by Gasteiger charge is -2.39. The maximum absolute atomic E-state index is 12.8. The maximum atomic E-state index is 12.8. The Bertz CT molecular complexity index is 242. The van der Waals surface area contributed by atoms with Gasteiger partial charge in [0.1, 0.15) is 6.17 Å². The largest absolute Gasteiger partial charge is 0.341 e. The molecule has 2 aliphatic rings. The zero-order chi connectivity index (χ0) is 9.64. The molecule has 2 fully saturated rings. The molecule has 0 aromatic heterocycles. The van der Waals surface area contributed by atoms with Gasteiger partial charge in [0.2, 0.25) is 5.91 Å². The van der Waals surface area contributed by atoms with E-state index in [0.717, 1.165) is 0 Å². The van der Waals surface area contributed by atoms with Crippen molar-refractivity contribution < 1.29 is 9.18 Å². The Kier molecular flexibility index (Phi) is 2.02. The van der Waals surface area contributed by atoms with Crippen LogP contribution in [0.3, 0.4) is 0 Å². The average molecular weight is 206 g/mol. The molecule has 1 saturated carbocycles. The fourth-order valence-electron chi connectivity index (χ4n) is 1.73. The lowest BCUT2D eigenvalue weighted by atomic mass is 9.98. The first-order valence-corrected chi connectivity index (χ1v) is 5.11. The molecule has 1 aliphatic carbocycles. The highest BCUT2D eigenvalue weighted by atomic mass is 35.5. The van der Waals surface area contributed by atoms with Crippen molar-refractivity contribution in [3.8, 4) is 0 Å². The van der Waals surface area contributed by atoms with Crippen LogP contribution in [0.1, 0.15) is 13.3 Å². The Morgan fingerprint density at radius 1 is 1.69 bits per heavy atom. The van der Waals surface area contributed by atoms with Gasteiger partial charge >= 0.3 is 0 Å². The highest BCUT2D eigenvalue weighted by molar-refractivity contribution is 6.18. The molecule has 2 rings (SSSR count). The SMILES string of the molecule is CC1(C(=O)N2CC(CCl)C2)CC1F. The summed E-state index contributed by atoms with van der Waals surface area (Å²) in [6.45, 7) is 3.13. The summed E-state index contributed by atoms with van der Waals surface area (Å²) in [7, 11) is 0. The lowest BCUT2D eigenvalue weighted by Crippen LogP contribution is -2.53. The summed E-state index contributed by atoms with van der Waals surface area (Å²) in [4.78, 5) is 13.3. The van der Waals surface area contributed by atoms with Crippen LogP contribution in [-0.2, 0) is 4.79 Å². The van der Waals surface area contributed by atoms with Gasteiger partial charge in [0.25, 0.3) is 0 Å². The van der Waals surface area contributed by atoms with Crippen molar-refractivity contribution in [3.05, 3.63) is 0 Å². The third-order valence-electron chi connectivity index (χ3n) is 3.09. The second-order valence-electron chi connectivity index (χ2n) is 4.32. The van der Waals surface area contributed by atoms with Crippen LogP contribution in [0.5, 0.6) is 0 Å². The number of carbonyl (C=O) groups excluding carboxylic acids is 1. The standard InChI is InChI=1S/C9H13ClFNO/c1-9(2-7(9)11)8(13)12-4-6(3-10)5-12/h6-7H,2-5H2,1H3. The van der Waals surface area contributed by atoms with Gasteiger partial charge in [-0.25, -0.2) is 4.39 Å². The molecular formula is C9H13ClFNO. The van der Waals surface area contributed by atoms with Crippen LogP contribution in [0.15, 0.2) is 0 Å². The number of amides is 1. The van der Waals surface area contributed by atoms with Crippen LogP contribution in [0.4, 0.5) is 4.39 Å². The molecule has 0 spiro atoms. The van der Waals surface area contributed by atoms with Gasteiger partial charge in [-0.2, -0.15) is 0 Å². The second kappa shape index (κ2) is 2.84. The number of likely N-dealkylation sites (tertiary alicyclic amines) is 1. The zero-order valence-electron chi connectivity index (χ0n) is 7.59. The van der Waals surface area contributed by atoms with E-state index >= 15 is 0 Å². The Balaban J connectivity index is 1.87. The molecule has 13 heavy (non-hydrogen) atoms. The molecule has 0 N–H and O–H groups in total. The first-order valence-electron chi connectivity index (χ1n) is 4.57. The van der Waals surface area contributed by atoms with E-state index in [0.29, 0.717) is 31.3 Å². The van der Waals surface area contributed by atoms with Crippen molar-refractivity contribution in [1.82, 2.24) is 4.90 Å². The number of halogens is 2. The molecule has 0 radical (unpaired) electrons. The monoisotopic (exact) mass is 205 g/mol. The van der Waals surface area contributed by atoms with Gasteiger partial charge in [-0.15, -0.1) is 11.6 Å². The summed E-state index contributed by atoms with van der Waals surface area (Å²) in [6, 6.07) is 0. The maximum Gasteiger partial charge on any atom is 0.231 e. The molecule has 2 atom stereocenters. The zero-order valence-corrected chi connectivity index (χ0v) is 8.35. The summed E-state index contributed by atoms with van der Waals surface area (Å²) in [6.07, 6.45) is -0.525. The molecule has 74 valence electrons. The summed E-state index contributed by atoms with van der Waals surface area (Å²) in [5.41, 5.74) is -0.697. The van der Waals surface area contributed by atoms with Gasteiger partial charge in [-0.05, 0) is 13.3 Å². The van der Waals surface area contributed by atoms with Crippen molar-refractivity contribution in [2.75, 3.05) is 19.0 Å². The fraction of sp³-hybridized carbons (Fsp3) is 0.889. The molecule has 2 nitrogen and oxygen atoms in total. The molecule has 1 aliphatic heterocycles. The molecule has 0 aromatic rings. The quantitative estimate of drug-likeness (QED) is 0.625. The van der Waals surface area contributed by atoms with Crippen LogP contribution >= 0.6 is 11.6 Å². The molecule has 0 bridgehead atoms. The molecule has 0 aromatic carbocycles. The summed E-state index contributed by atoms with van der Waals surface area (Å²) in [5, 5.41) is 0. The van der Waals surface area contributed by atoms with Gasteiger partial charge in [0, 0.05) is 24.9 Å². The van der Waals surface area contributed by atoms with E-state index in [2.05, 4.69) is 0 Å². The van der Waals surface area contributed by atoms with Crippen LogP contribution in [0.25, 0.3) is 0 Å². The highest BCUT2D eigenvalue weighted by Gasteiger charge is 2.59. The Morgan fingerprint density at radius 2 is 2.23 bits per heavy atom. The van der Waals surface area contributed by atoms with Gasteiger partial charge in [-0.3, -0.25) is 4.79 Å². The van der Waals surface area contributed by atoms with Gasteiger partial charge in [0.15, 0.2) is 0 Å². The number of nitrogens with zero attached hydrogens (tertiary/aromatic N) is 1. The minimum absolute atomic E-state index is 0.0265. The molecule has 1 saturated heterocycles. The molecule has 1 heterocycles. The van der Waals surface area contributed by atoms with E-state index in [1.54, 1.807) is 11.8 Å². The number of carbonyl (C=O) groups is 1. The van der Waals surface area contributed by atoms with E-state index in [-0.39, 0.29) is 5.91 Å². The van der Waals surface area contributed by atoms with Crippen LogP contribution < -0.4 is 0 Å². The van der Waals surface area contributed by atoms with E-state index in [4.69, 9.17) is 11.6 Å². The van der Waals surface area contributed by atoms with E-state index in [9.17, 15) is 9.18 Å². The number of alkyl halides is 2. The number of hydrogen-bond donors (Lipinski definition) is 0. The molecule has 2 unspecified atom stereocenters. The third-order valence-corrected chi connectivity index (χ3v) is 3.52. The first-order chi connectivity index (χ1) is 6.08. The Hall–Kier alpha value is -0.310. The van der Waals surface area contributed by atoms with E-state index < -0.39 is 11.6 Å². The van der Waals surface area contributed by atoms with Crippen LogP contribution in [-0.4, -0.2) is 35.9 Å². The summed E-state index contributed by atoms with van der Waals surface area (Å²) >= 11 is 5.62. The first kappa shape index (κ1) is 9.25. The van der Waals surface area contributed by atoms with Gasteiger partial charge in [-0.1, -0.05) is 0 Å². The van der Waals surface area contributed by atoms with Crippen LogP contribution in [0, 0.1) is 11.3 Å². The third kappa shape index (κ3) is 1.33. The fourth-order valence-corrected chi connectivity index (χ4v) is 1.92. The number of rotatable bonds is 2. The van der Waals surface area contributed by atoms with Crippen molar-refractivity contribution in [2.45, 2.75) is 19.5 Å². The van der Waals surface area contributed by atoms with Gasteiger partial charge in [0.05, 0.1) is 5.41 Å². The van der Waals surface area contributed by atoms with Crippen molar-refractivity contribution >= 4 is 17.5 Å². The van der Waals surface area contributed by atoms with Crippen LogP contribution in [0.2, 0.25) is 0 Å². The predicted molar refractivity (Wildman–Crippen MR) is 48.4 cm³/mol. The summed E-state index contributed by atoms with van der Waals surface area (Å²) in [5.74, 6) is 0.993. The molecule has 1 amide bonds. The van der Waals surface area contributed by atoms with E-state index in [1.807, 2.05) is 0 Å². The number of hydrogen-bond acceptors (Lipinski definition) is 1. The Morgan fingerprint density at radius 3 is 2.62 bits per heavy atom. The predicted octanol–water partition coefficient (Wildman–Crippen LogP) is 1.43. The normalized spacial score (nSPS) is 38.7. The van der Waals surface area contributed by atoms with Crippen molar-refractivity contribution in [1.29, 1.82) is 0 Å². The minimum atomic E-state index is -0.921. The second-order valence-corrected chi connectivity index (χ2v) is 4.63. The lowest BCUT2D eigenvalue weighted by molar-refractivity contribution is -0.143. The smallest absolute Gasteiger partial charge is 0.231 e. The minimum Gasteiger partial charge on any atom is -0.341 e. The van der Waals surface area contributed by atoms with Gasteiger partial charge < -0.3 is 4.90 Å². The molecular weight excluding hydrogens is 193 g/mol. The molecule has 4 heteroatoms. The summed E-state index contributed by atoms with van der Waals surface area (Å²) < 4.78 is 12.8. The van der Waals surface area contributed by atoms with Crippen molar-refractivity contribution in [3.63, 3.8) is 0 Å². The Labute approximate surface area is 82.0 Å². The highest BCUT2D eigenvalue weighted by Crippen LogP contribution is 2.50. The average Bonchev–Trinajstić information content (AvgIpc) is 2.59.